The predicted octanol–water partition coefficient (Wildman–Crippen LogP) is 5.78. The number of carbonyl (C=O) groups excluding carboxylic acids is 2. The minimum atomic E-state index is -1.26. The minimum absolute atomic E-state index is 0. The van der Waals surface area contributed by atoms with Crippen molar-refractivity contribution in [3.05, 3.63) is 173 Å². The van der Waals surface area contributed by atoms with Crippen molar-refractivity contribution in [1.29, 1.82) is 0 Å². The molecule has 3 aromatic heterocycles. The summed E-state index contributed by atoms with van der Waals surface area (Å²) in [5.41, 5.74) is 10.7. The Balaban J connectivity index is 0.000000167. The number of imidazole rings is 1. The number of hydrogen-bond acceptors (Lipinski definition) is 5. The van der Waals surface area contributed by atoms with Gasteiger partial charge in [-0.15, -0.1) is 0 Å². The summed E-state index contributed by atoms with van der Waals surface area (Å²) in [5, 5.41) is 20.7. The SMILES string of the molecule is Cc1[nH]cnc1CN1CCc2c(c3ccccc3n2Cc2ccccc2)C1=O.O.O=C(O)C=CC(=O)O.O=C1NCCc2c1c1ccccc1n2Cc1ccccc1. The quantitative estimate of drug-likeness (QED) is 0.140. The Morgan fingerprint density at radius 2 is 1.19 bits per heavy atom. The molecule has 2 aliphatic rings. The van der Waals surface area contributed by atoms with E-state index in [4.69, 9.17) is 10.2 Å². The fraction of sp³-hybridized carbons (Fsp3) is 0.178. The van der Waals surface area contributed by atoms with Gasteiger partial charge in [0.15, 0.2) is 0 Å². The molecule has 296 valence electrons. The van der Waals surface area contributed by atoms with Crippen molar-refractivity contribution in [3.63, 3.8) is 0 Å². The van der Waals surface area contributed by atoms with Gasteiger partial charge < -0.3 is 40.0 Å². The van der Waals surface area contributed by atoms with E-state index in [0.717, 1.165) is 88.2 Å². The molecule has 6 N–H and O–H groups in total. The summed E-state index contributed by atoms with van der Waals surface area (Å²) in [7, 11) is 0. The molecule has 2 amide bonds. The second kappa shape index (κ2) is 18.1. The molecular weight excluding hydrogens is 737 g/mol. The van der Waals surface area contributed by atoms with Crippen LogP contribution in [0.2, 0.25) is 0 Å². The van der Waals surface area contributed by atoms with Gasteiger partial charge in [-0.25, -0.2) is 14.6 Å². The number of benzene rings is 4. The molecule has 5 heterocycles. The van der Waals surface area contributed by atoms with Crippen molar-refractivity contribution in [2.45, 2.75) is 39.4 Å². The highest BCUT2D eigenvalue weighted by molar-refractivity contribution is 6.10. The number of H-pyrrole nitrogens is 1. The van der Waals surface area contributed by atoms with Crippen LogP contribution in [-0.2, 0) is 42.1 Å². The van der Waals surface area contributed by atoms with Crippen molar-refractivity contribution in [1.82, 2.24) is 29.3 Å². The van der Waals surface area contributed by atoms with Crippen molar-refractivity contribution >= 4 is 45.6 Å². The topological polar surface area (TPSA) is 194 Å². The predicted molar refractivity (Wildman–Crippen MR) is 221 cm³/mol. The van der Waals surface area contributed by atoms with E-state index >= 15 is 0 Å². The van der Waals surface area contributed by atoms with Crippen LogP contribution in [0.3, 0.4) is 0 Å². The number of hydrogen-bond donors (Lipinski definition) is 4. The Labute approximate surface area is 334 Å². The van der Waals surface area contributed by atoms with Gasteiger partial charge in [0.1, 0.15) is 0 Å². The number of carboxylic acids is 2. The molecule has 58 heavy (non-hydrogen) atoms. The van der Waals surface area contributed by atoms with Crippen LogP contribution in [0.5, 0.6) is 0 Å². The number of aryl methyl sites for hydroxylation is 1. The lowest BCUT2D eigenvalue weighted by atomic mass is 10.0. The zero-order chi connectivity index (χ0) is 39.9. The third kappa shape index (κ3) is 8.74. The van der Waals surface area contributed by atoms with Gasteiger partial charge in [-0.2, -0.15) is 0 Å². The number of nitrogens with zero attached hydrogens (tertiary/aromatic N) is 4. The van der Waals surface area contributed by atoms with Gasteiger partial charge in [0.2, 0.25) is 0 Å². The largest absolute Gasteiger partial charge is 0.478 e. The summed E-state index contributed by atoms with van der Waals surface area (Å²) in [6.07, 6.45) is 4.55. The van der Waals surface area contributed by atoms with E-state index in [1.54, 1.807) is 6.33 Å². The van der Waals surface area contributed by atoms with E-state index in [1.165, 1.54) is 11.1 Å². The molecule has 2 aliphatic heterocycles. The molecule has 9 rings (SSSR count). The second-order valence-corrected chi connectivity index (χ2v) is 13.8. The molecule has 13 heteroatoms. The average molecular weight is 781 g/mol. The maximum absolute atomic E-state index is 13.4. The highest BCUT2D eigenvalue weighted by atomic mass is 16.4. The monoisotopic (exact) mass is 780 g/mol. The first-order valence-corrected chi connectivity index (χ1v) is 18.7. The van der Waals surface area contributed by atoms with Gasteiger partial charge >= 0.3 is 11.9 Å². The number of carbonyl (C=O) groups is 4. The number of fused-ring (bicyclic) bond motifs is 6. The maximum atomic E-state index is 13.4. The van der Waals surface area contributed by atoms with Gasteiger partial charge in [0, 0.05) is 90.1 Å². The molecule has 0 aliphatic carbocycles. The van der Waals surface area contributed by atoms with E-state index in [2.05, 4.69) is 91.1 Å². The summed E-state index contributed by atoms with van der Waals surface area (Å²) >= 11 is 0. The molecule has 0 saturated carbocycles. The zero-order valence-electron chi connectivity index (χ0n) is 31.9. The maximum Gasteiger partial charge on any atom is 0.328 e. The van der Waals surface area contributed by atoms with Crippen LogP contribution in [0.15, 0.2) is 128 Å². The normalized spacial score (nSPS) is 13.1. The zero-order valence-corrected chi connectivity index (χ0v) is 31.9. The van der Waals surface area contributed by atoms with Gasteiger partial charge in [-0.3, -0.25) is 9.59 Å². The van der Waals surface area contributed by atoms with E-state index in [1.807, 2.05) is 54.3 Å². The number of aliphatic carboxylic acids is 2. The molecule has 0 fully saturated rings. The first kappa shape index (κ1) is 40.4. The first-order chi connectivity index (χ1) is 27.7. The molecule has 0 bridgehead atoms. The van der Waals surface area contributed by atoms with Gasteiger partial charge in [0.25, 0.3) is 11.8 Å². The number of aromatic amines is 1. The van der Waals surface area contributed by atoms with Crippen molar-refractivity contribution in [3.8, 4) is 0 Å². The summed E-state index contributed by atoms with van der Waals surface area (Å²) in [6.45, 7) is 5.56. The van der Waals surface area contributed by atoms with E-state index < -0.39 is 11.9 Å². The fourth-order valence-corrected chi connectivity index (χ4v) is 7.52. The van der Waals surface area contributed by atoms with Crippen LogP contribution in [0.1, 0.15) is 54.6 Å². The Morgan fingerprint density at radius 3 is 1.71 bits per heavy atom. The van der Waals surface area contributed by atoms with Crippen LogP contribution < -0.4 is 5.32 Å². The standard InChI is InChI=1S/C23H22N4O.C18H16N2O.C4H4O4.H2O/c1-16-19(25-15-24-16)14-26-12-11-21-22(23(26)28)18-9-5-6-10-20(18)27(21)13-17-7-3-2-4-8-17;21-18-17-14-8-4-5-9-15(14)20(16(17)10-11-19-18)12-13-6-2-1-3-7-13;5-3(6)1-2-4(7)8;/h2-10,15H,11-14H2,1H3,(H,24,25);1-9H,10-12H2,(H,19,21);1-2H,(H,5,6)(H,7,8);1H2. The van der Waals surface area contributed by atoms with E-state index in [0.29, 0.717) is 25.2 Å². The van der Waals surface area contributed by atoms with Crippen molar-refractivity contribution in [2.24, 2.45) is 0 Å². The smallest absolute Gasteiger partial charge is 0.328 e. The summed E-state index contributed by atoms with van der Waals surface area (Å²) in [4.78, 5) is 54.1. The molecule has 0 radical (unpaired) electrons. The first-order valence-electron chi connectivity index (χ1n) is 18.7. The third-order valence-electron chi connectivity index (χ3n) is 10.2. The van der Waals surface area contributed by atoms with Gasteiger partial charge in [0.05, 0.1) is 29.7 Å². The Kier molecular flexibility index (Phi) is 12.6. The van der Waals surface area contributed by atoms with Crippen LogP contribution in [0, 0.1) is 6.92 Å². The highest BCUT2D eigenvalue weighted by Gasteiger charge is 2.31. The number of nitrogens with one attached hydrogen (secondary N) is 2. The number of rotatable bonds is 8. The van der Waals surface area contributed by atoms with Crippen LogP contribution in [0.4, 0.5) is 0 Å². The minimum Gasteiger partial charge on any atom is -0.478 e. The second-order valence-electron chi connectivity index (χ2n) is 13.8. The molecule has 4 aromatic carbocycles. The summed E-state index contributed by atoms with van der Waals surface area (Å²) < 4.78 is 4.60. The lowest BCUT2D eigenvalue weighted by molar-refractivity contribution is -0.134. The van der Waals surface area contributed by atoms with E-state index in [9.17, 15) is 19.2 Å². The fourth-order valence-electron chi connectivity index (χ4n) is 7.52. The number of carboxylic acid groups (broad SMARTS) is 2. The molecule has 0 saturated heterocycles. The Hall–Kier alpha value is -7.25. The Morgan fingerprint density at radius 1 is 0.690 bits per heavy atom. The lowest BCUT2D eigenvalue weighted by Gasteiger charge is -2.27. The number of aromatic nitrogens is 4. The van der Waals surface area contributed by atoms with Crippen molar-refractivity contribution < 1.29 is 34.9 Å². The van der Waals surface area contributed by atoms with Crippen LogP contribution in [-0.4, -0.2) is 76.5 Å². The van der Waals surface area contributed by atoms with Gasteiger partial charge in [-0.1, -0.05) is 97.1 Å². The summed E-state index contributed by atoms with van der Waals surface area (Å²) in [6, 6.07) is 37.2. The molecule has 7 aromatic rings. The molecule has 13 nitrogen and oxygen atoms in total. The summed E-state index contributed by atoms with van der Waals surface area (Å²) in [5.74, 6) is -2.36. The van der Waals surface area contributed by atoms with Crippen molar-refractivity contribution in [2.75, 3.05) is 13.1 Å². The molecule has 0 spiro atoms. The average Bonchev–Trinajstić information content (AvgIpc) is 3.88. The van der Waals surface area contributed by atoms with Crippen LogP contribution >= 0.6 is 0 Å². The number of para-hydroxylation sites is 2. The van der Waals surface area contributed by atoms with Gasteiger partial charge in [-0.05, 0) is 30.2 Å². The lowest BCUT2D eigenvalue weighted by Crippen LogP contribution is -2.37. The van der Waals surface area contributed by atoms with Crippen LogP contribution in [0.25, 0.3) is 21.8 Å². The third-order valence-corrected chi connectivity index (χ3v) is 10.2. The number of amides is 2. The van der Waals surface area contributed by atoms with E-state index in [-0.39, 0.29) is 17.3 Å². The molecule has 0 unspecified atom stereocenters. The highest BCUT2D eigenvalue weighted by Crippen LogP contribution is 2.33. The molecular formula is C45H44N6O7. The molecule has 0 atom stereocenters. The Bertz CT molecular complexity index is 2590.